The van der Waals surface area contributed by atoms with Crippen molar-refractivity contribution in [2.75, 3.05) is 4.90 Å². The molecule has 3 aromatic carbocycles. The minimum absolute atomic E-state index is 0.820. The Balaban J connectivity index is 2.20. The molecule has 5 rings (SSSR count). The summed E-state index contributed by atoms with van der Waals surface area (Å²) in [6, 6.07) is 16.6. The van der Waals surface area contributed by atoms with E-state index in [1.807, 2.05) is 75.6 Å². The number of furan rings is 1. The van der Waals surface area contributed by atoms with Gasteiger partial charge in [-0.05, 0) is 56.8 Å². The molecular formula is C37H35N3O. The zero-order valence-electron chi connectivity index (χ0n) is 23.9. The zero-order chi connectivity index (χ0) is 29.1. The number of anilines is 1. The van der Waals surface area contributed by atoms with Crippen LogP contribution in [0.5, 0.6) is 0 Å². The van der Waals surface area contributed by atoms with Crippen LogP contribution in [-0.4, -0.2) is 4.57 Å². The third kappa shape index (κ3) is 4.34. The number of aromatic nitrogens is 1. The van der Waals surface area contributed by atoms with Crippen LogP contribution in [0.2, 0.25) is 0 Å². The molecule has 0 unspecified atom stereocenters. The molecule has 204 valence electrons. The highest BCUT2D eigenvalue weighted by molar-refractivity contribution is 6.31. The fraction of sp³-hybridized carbons (Fsp3) is 0.0811. The lowest BCUT2D eigenvalue weighted by molar-refractivity contribution is 0.673. The Hall–Kier alpha value is -5.22. The number of allylic oxidation sites excluding steroid dienone is 10. The maximum atomic E-state index is 6.72. The van der Waals surface area contributed by atoms with Gasteiger partial charge in [0.1, 0.15) is 11.2 Å². The van der Waals surface area contributed by atoms with Crippen LogP contribution in [0.3, 0.4) is 0 Å². The molecule has 0 saturated carbocycles. The Morgan fingerprint density at radius 1 is 0.902 bits per heavy atom. The van der Waals surface area contributed by atoms with Crippen molar-refractivity contribution in [3.8, 4) is 0 Å². The van der Waals surface area contributed by atoms with Gasteiger partial charge < -0.3 is 19.6 Å². The van der Waals surface area contributed by atoms with E-state index in [4.69, 9.17) is 10.2 Å². The van der Waals surface area contributed by atoms with Crippen LogP contribution < -0.4 is 10.6 Å². The molecule has 0 fully saturated rings. The van der Waals surface area contributed by atoms with Gasteiger partial charge in [-0.3, -0.25) is 0 Å². The van der Waals surface area contributed by atoms with E-state index in [1.54, 1.807) is 12.3 Å². The molecule has 0 amide bonds. The number of para-hydroxylation sites is 2. The second-order valence-corrected chi connectivity index (χ2v) is 9.56. The Kier molecular flexibility index (Phi) is 7.66. The number of rotatable bonds is 9. The fourth-order valence-electron chi connectivity index (χ4n) is 5.71. The smallest absolute Gasteiger partial charge is 0.146 e. The molecular weight excluding hydrogens is 502 g/mol. The average Bonchev–Trinajstić information content (AvgIpc) is 3.54. The summed E-state index contributed by atoms with van der Waals surface area (Å²) in [5.41, 5.74) is 14.3. The Morgan fingerprint density at radius 2 is 1.63 bits per heavy atom. The molecule has 2 aromatic heterocycles. The third-order valence-electron chi connectivity index (χ3n) is 7.32. The second-order valence-electron chi connectivity index (χ2n) is 9.56. The number of hydrogen-bond donors (Lipinski definition) is 1. The Bertz CT molecular complexity index is 1990. The molecule has 0 saturated heterocycles. The van der Waals surface area contributed by atoms with E-state index in [1.165, 1.54) is 0 Å². The molecule has 2 heterocycles. The normalized spacial score (nSPS) is 13.1. The third-order valence-corrected chi connectivity index (χ3v) is 7.32. The van der Waals surface area contributed by atoms with Crippen molar-refractivity contribution in [2.24, 2.45) is 5.73 Å². The van der Waals surface area contributed by atoms with Gasteiger partial charge >= 0.3 is 0 Å². The average molecular weight is 538 g/mol. The van der Waals surface area contributed by atoms with Crippen LogP contribution in [0.1, 0.15) is 26.3 Å². The van der Waals surface area contributed by atoms with E-state index in [9.17, 15) is 0 Å². The molecule has 41 heavy (non-hydrogen) atoms. The first-order chi connectivity index (χ1) is 20.1. The number of nitrogens with zero attached hydrogens (tertiary/aromatic N) is 2. The summed E-state index contributed by atoms with van der Waals surface area (Å²) in [6.07, 6.45) is 19.3. The van der Waals surface area contributed by atoms with E-state index < -0.39 is 0 Å². The summed E-state index contributed by atoms with van der Waals surface area (Å²) < 4.78 is 8.98. The summed E-state index contributed by atoms with van der Waals surface area (Å²) in [5, 5.41) is 4.14. The van der Waals surface area contributed by atoms with Crippen LogP contribution in [0.15, 0.2) is 139 Å². The van der Waals surface area contributed by atoms with Crippen molar-refractivity contribution in [3.05, 3.63) is 141 Å². The van der Waals surface area contributed by atoms with Gasteiger partial charge in [0.25, 0.3) is 0 Å². The first-order valence-electron chi connectivity index (χ1n) is 13.7. The Morgan fingerprint density at radius 3 is 2.29 bits per heavy atom. The highest BCUT2D eigenvalue weighted by atomic mass is 16.3. The monoisotopic (exact) mass is 537 g/mol. The minimum Gasteiger partial charge on any atom is -0.455 e. The van der Waals surface area contributed by atoms with E-state index in [2.05, 4.69) is 71.7 Å². The van der Waals surface area contributed by atoms with Gasteiger partial charge in [-0.1, -0.05) is 92.6 Å². The van der Waals surface area contributed by atoms with Crippen molar-refractivity contribution in [1.29, 1.82) is 0 Å². The molecule has 0 aliphatic rings. The number of fused-ring (bicyclic) bond motifs is 7. The number of nitrogens with two attached hydrogens (primary N) is 1. The zero-order valence-corrected chi connectivity index (χ0v) is 23.9. The largest absolute Gasteiger partial charge is 0.455 e. The van der Waals surface area contributed by atoms with Crippen LogP contribution in [0.4, 0.5) is 5.69 Å². The maximum absolute atomic E-state index is 6.72. The Labute approximate surface area is 241 Å². The van der Waals surface area contributed by atoms with E-state index in [0.29, 0.717) is 0 Å². The van der Waals surface area contributed by atoms with Gasteiger partial charge in [0, 0.05) is 39.3 Å². The van der Waals surface area contributed by atoms with Crippen LogP contribution in [-0.2, 0) is 0 Å². The first-order valence-corrected chi connectivity index (χ1v) is 13.7. The van der Waals surface area contributed by atoms with Crippen LogP contribution in [0, 0.1) is 0 Å². The quantitative estimate of drug-likeness (QED) is 0.190. The van der Waals surface area contributed by atoms with Gasteiger partial charge in [-0.25, -0.2) is 0 Å². The molecule has 0 aliphatic carbocycles. The summed E-state index contributed by atoms with van der Waals surface area (Å²) in [5.74, 6) is 0. The summed E-state index contributed by atoms with van der Waals surface area (Å²) in [7, 11) is 0. The predicted octanol–water partition coefficient (Wildman–Crippen LogP) is 10.2. The summed E-state index contributed by atoms with van der Waals surface area (Å²) >= 11 is 0. The molecule has 0 aliphatic heterocycles. The van der Waals surface area contributed by atoms with Crippen LogP contribution in [0.25, 0.3) is 55.0 Å². The van der Waals surface area contributed by atoms with Crippen molar-refractivity contribution in [2.45, 2.75) is 20.8 Å². The number of benzene rings is 3. The molecule has 5 aromatic rings. The molecule has 0 bridgehead atoms. The summed E-state index contributed by atoms with van der Waals surface area (Å²) in [6.45, 7) is 18.8. The molecule has 0 spiro atoms. The summed E-state index contributed by atoms with van der Waals surface area (Å²) in [4.78, 5) is 2.13. The minimum atomic E-state index is 0.820. The maximum Gasteiger partial charge on any atom is 0.146 e. The lowest BCUT2D eigenvalue weighted by Gasteiger charge is -2.27. The van der Waals surface area contributed by atoms with Gasteiger partial charge in [-0.2, -0.15) is 0 Å². The van der Waals surface area contributed by atoms with Gasteiger partial charge in [0.2, 0.25) is 0 Å². The van der Waals surface area contributed by atoms with E-state index >= 15 is 0 Å². The molecule has 2 N–H and O–H groups in total. The van der Waals surface area contributed by atoms with Crippen molar-refractivity contribution < 1.29 is 4.42 Å². The highest BCUT2D eigenvalue weighted by Crippen LogP contribution is 2.50. The SMILES string of the molecule is C=C/C=C\C(=C/C)N(C=C)c1c(C(=C)/C=C\C)c2c3ccccc3oc2c2c3ccccc3n(C(/C=C\N)=C/C)c12. The fourth-order valence-corrected chi connectivity index (χ4v) is 5.71. The first kappa shape index (κ1) is 27.4. The van der Waals surface area contributed by atoms with Gasteiger partial charge in [0.15, 0.2) is 0 Å². The second kappa shape index (κ2) is 11.5. The molecule has 4 nitrogen and oxygen atoms in total. The van der Waals surface area contributed by atoms with E-state index in [0.717, 1.165) is 72.0 Å². The lowest BCUT2D eigenvalue weighted by atomic mass is 9.94. The molecule has 0 atom stereocenters. The van der Waals surface area contributed by atoms with Crippen LogP contribution >= 0.6 is 0 Å². The van der Waals surface area contributed by atoms with Crippen molar-refractivity contribution in [1.82, 2.24) is 4.57 Å². The standard InChI is InChI=1S/C37H35N3O/c1-7-12-18-26(9-3)39(11-5)35-32(25(6)17-8-2)33-29-20-14-16-22-31(29)41-37(33)34-28-19-13-15-21-30(28)40(36(34)35)27(10-4)23-24-38/h7-24H,1,5-6,38H2,2-4H3/b17-8-,18-12-,24-23-,26-9+,27-10+. The molecule has 0 radical (unpaired) electrons. The predicted molar refractivity (Wildman–Crippen MR) is 180 cm³/mol. The number of hydrogen-bond acceptors (Lipinski definition) is 3. The molecule has 4 heteroatoms. The van der Waals surface area contributed by atoms with Gasteiger partial charge in [-0.15, -0.1) is 0 Å². The lowest BCUT2D eigenvalue weighted by Crippen LogP contribution is -2.17. The highest BCUT2D eigenvalue weighted by Gasteiger charge is 2.29. The topological polar surface area (TPSA) is 47.3 Å². The van der Waals surface area contributed by atoms with Crippen molar-refractivity contribution >= 4 is 60.7 Å². The van der Waals surface area contributed by atoms with E-state index in [-0.39, 0.29) is 0 Å². The van der Waals surface area contributed by atoms with Crippen molar-refractivity contribution in [3.63, 3.8) is 0 Å². The van der Waals surface area contributed by atoms with Gasteiger partial charge in [0.05, 0.1) is 22.1 Å².